The van der Waals surface area contributed by atoms with E-state index in [-0.39, 0.29) is 28.7 Å². The van der Waals surface area contributed by atoms with E-state index in [9.17, 15) is 13.2 Å². The Labute approximate surface area is 173 Å². The van der Waals surface area contributed by atoms with Crippen LogP contribution in [0, 0.1) is 0 Å². The number of thioether (sulfide) groups is 1. The van der Waals surface area contributed by atoms with Gasteiger partial charge in [0.2, 0.25) is 0 Å². The zero-order chi connectivity index (χ0) is 20.4. The van der Waals surface area contributed by atoms with Gasteiger partial charge in [0.05, 0.1) is 24.7 Å². The third-order valence-electron chi connectivity index (χ3n) is 4.78. The van der Waals surface area contributed by atoms with Crippen LogP contribution in [0.25, 0.3) is 0 Å². The summed E-state index contributed by atoms with van der Waals surface area (Å²) in [6.07, 6.45) is 0. The molecule has 2 heterocycles. The molecule has 2 aliphatic heterocycles. The number of nitrogens with zero attached hydrogens (tertiary/aromatic N) is 1. The van der Waals surface area contributed by atoms with Crippen LogP contribution in [-0.4, -0.2) is 49.4 Å². The van der Waals surface area contributed by atoms with Gasteiger partial charge in [-0.3, -0.25) is 9.79 Å². The van der Waals surface area contributed by atoms with E-state index in [2.05, 4.69) is 15.6 Å². The molecule has 2 aliphatic rings. The fourth-order valence-corrected chi connectivity index (χ4v) is 7.02. The highest BCUT2D eigenvalue weighted by Gasteiger charge is 2.42. The van der Waals surface area contributed by atoms with Gasteiger partial charge in [-0.25, -0.2) is 8.42 Å². The van der Waals surface area contributed by atoms with Gasteiger partial charge in [-0.1, -0.05) is 30.0 Å². The van der Waals surface area contributed by atoms with E-state index in [0.29, 0.717) is 17.3 Å². The van der Waals surface area contributed by atoms with E-state index in [0.717, 1.165) is 17.0 Å². The van der Waals surface area contributed by atoms with Crippen molar-refractivity contribution in [3.63, 3.8) is 0 Å². The summed E-state index contributed by atoms with van der Waals surface area (Å²) in [5.74, 6) is 0.850. The van der Waals surface area contributed by atoms with Crippen molar-refractivity contribution in [3.8, 4) is 5.75 Å². The van der Waals surface area contributed by atoms with Crippen LogP contribution in [0.1, 0.15) is 15.9 Å². The highest BCUT2D eigenvalue weighted by atomic mass is 32.2. The van der Waals surface area contributed by atoms with Crippen LogP contribution in [0.5, 0.6) is 5.75 Å². The Morgan fingerprint density at radius 1 is 1.21 bits per heavy atom. The molecular formula is C20H21N3O4S2. The summed E-state index contributed by atoms with van der Waals surface area (Å²) in [6, 6.07) is 14.5. The molecule has 2 N–H and O–H groups in total. The second kappa shape index (κ2) is 8.08. The Morgan fingerprint density at radius 2 is 2.03 bits per heavy atom. The Hall–Kier alpha value is -2.52. The van der Waals surface area contributed by atoms with Gasteiger partial charge < -0.3 is 15.4 Å². The summed E-state index contributed by atoms with van der Waals surface area (Å²) < 4.78 is 28.5. The highest BCUT2D eigenvalue weighted by molar-refractivity contribution is 8.15. The number of amides is 1. The molecule has 0 aliphatic carbocycles. The SMILES string of the molecule is COc1cccc(CNC(=O)c2cccc(NC3=N[C@H]4CS(=O)(=O)C[C@H]4S3)c2)c1. The van der Waals surface area contributed by atoms with Gasteiger partial charge in [-0.2, -0.15) is 0 Å². The molecule has 2 aromatic rings. The molecular weight excluding hydrogens is 410 g/mol. The van der Waals surface area contributed by atoms with Crippen molar-refractivity contribution < 1.29 is 17.9 Å². The normalized spacial score (nSPS) is 21.9. The summed E-state index contributed by atoms with van der Waals surface area (Å²) in [5.41, 5.74) is 2.22. The zero-order valence-electron chi connectivity index (χ0n) is 15.8. The van der Waals surface area contributed by atoms with E-state index in [1.54, 1.807) is 25.3 Å². The van der Waals surface area contributed by atoms with Crippen molar-refractivity contribution in [2.24, 2.45) is 4.99 Å². The molecule has 2 aromatic carbocycles. The minimum Gasteiger partial charge on any atom is -0.497 e. The third kappa shape index (κ3) is 4.73. The number of ether oxygens (including phenoxy) is 1. The van der Waals surface area contributed by atoms with Gasteiger partial charge in [0, 0.05) is 23.0 Å². The number of anilines is 1. The van der Waals surface area contributed by atoms with Gasteiger partial charge in [0.15, 0.2) is 15.0 Å². The van der Waals surface area contributed by atoms with Crippen molar-refractivity contribution >= 4 is 38.4 Å². The molecule has 29 heavy (non-hydrogen) atoms. The average Bonchev–Trinajstić information content (AvgIpc) is 3.18. The molecule has 0 bridgehead atoms. The standard InChI is InChI=1S/C20H21N3O4S2/c1-27-16-7-2-4-13(8-16)10-21-19(24)14-5-3-6-15(9-14)22-20-23-17-11-29(25,26)12-18(17)28-20/h2-9,17-18H,10-12H2,1H3,(H,21,24)(H,22,23)/t17-,18+/m0/s1. The molecule has 0 spiro atoms. The molecule has 152 valence electrons. The molecule has 1 saturated heterocycles. The summed E-state index contributed by atoms with van der Waals surface area (Å²) in [5, 5.41) is 6.79. The number of rotatable bonds is 5. The number of carbonyl (C=O) groups excluding carboxylic acids is 1. The highest BCUT2D eigenvalue weighted by Crippen LogP contribution is 2.34. The van der Waals surface area contributed by atoms with Crippen LogP contribution in [0.4, 0.5) is 5.69 Å². The maximum Gasteiger partial charge on any atom is 0.251 e. The number of aliphatic imine (C=N–C) groups is 1. The molecule has 0 saturated carbocycles. The maximum absolute atomic E-state index is 12.5. The monoisotopic (exact) mass is 431 g/mol. The molecule has 4 rings (SSSR count). The van der Waals surface area contributed by atoms with Crippen LogP contribution in [0.2, 0.25) is 0 Å². The maximum atomic E-state index is 12.5. The first-order chi connectivity index (χ1) is 13.9. The number of fused-ring (bicyclic) bond motifs is 1. The quantitative estimate of drug-likeness (QED) is 0.754. The number of benzene rings is 2. The number of nitrogens with one attached hydrogen (secondary N) is 2. The second-order valence-electron chi connectivity index (χ2n) is 6.97. The molecule has 2 atom stereocenters. The Kier molecular flexibility index (Phi) is 5.51. The molecule has 9 heteroatoms. The van der Waals surface area contributed by atoms with Crippen molar-refractivity contribution in [2.75, 3.05) is 23.9 Å². The lowest BCUT2D eigenvalue weighted by molar-refractivity contribution is 0.0951. The van der Waals surface area contributed by atoms with Gasteiger partial charge in [-0.15, -0.1) is 0 Å². The van der Waals surface area contributed by atoms with Crippen molar-refractivity contribution in [1.29, 1.82) is 0 Å². The van der Waals surface area contributed by atoms with E-state index in [4.69, 9.17) is 4.74 Å². The van der Waals surface area contributed by atoms with Crippen molar-refractivity contribution in [1.82, 2.24) is 5.32 Å². The number of sulfone groups is 1. The van der Waals surface area contributed by atoms with Crippen molar-refractivity contribution in [3.05, 3.63) is 59.7 Å². The summed E-state index contributed by atoms with van der Waals surface area (Å²) >= 11 is 1.45. The smallest absolute Gasteiger partial charge is 0.251 e. The minimum atomic E-state index is -2.97. The first kappa shape index (κ1) is 19.8. The molecule has 0 unspecified atom stereocenters. The lowest BCUT2D eigenvalue weighted by atomic mass is 10.1. The van der Waals surface area contributed by atoms with Crippen LogP contribution in [0.15, 0.2) is 53.5 Å². The first-order valence-corrected chi connectivity index (χ1v) is 11.8. The predicted molar refractivity (Wildman–Crippen MR) is 115 cm³/mol. The van der Waals surface area contributed by atoms with Crippen molar-refractivity contribution in [2.45, 2.75) is 17.8 Å². The number of methoxy groups -OCH3 is 1. The summed E-state index contributed by atoms with van der Waals surface area (Å²) in [7, 11) is -1.36. The number of hydrogen-bond donors (Lipinski definition) is 2. The Bertz CT molecular complexity index is 1070. The average molecular weight is 432 g/mol. The zero-order valence-corrected chi connectivity index (χ0v) is 17.4. The lowest BCUT2D eigenvalue weighted by Crippen LogP contribution is -2.23. The topological polar surface area (TPSA) is 96.9 Å². The molecule has 7 nitrogen and oxygen atoms in total. The van der Waals surface area contributed by atoms with Crippen LogP contribution in [-0.2, 0) is 16.4 Å². The lowest BCUT2D eigenvalue weighted by Gasteiger charge is -2.10. The third-order valence-corrected chi connectivity index (χ3v) is 7.92. The minimum absolute atomic E-state index is 0.0168. The van der Waals surface area contributed by atoms with Gasteiger partial charge in [-0.05, 0) is 35.9 Å². The second-order valence-corrected chi connectivity index (χ2v) is 10.4. The molecule has 1 fully saturated rings. The predicted octanol–water partition coefficient (Wildman–Crippen LogP) is 2.31. The molecule has 0 radical (unpaired) electrons. The van der Waals surface area contributed by atoms with E-state index in [1.165, 1.54) is 11.8 Å². The summed E-state index contributed by atoms with van der Waals surface area (Å²) in [6.45, 7) is 0.397. The Balaban J connectivity index is 1.38. The number of amidine groups is 1. The largest absolute Gasteiger partial charge is 0.497 e. The molecule has 1 amide bonds. The van der Waals surface area contributed by atoms with Gasteiger partial charge in [0.1, 0.15) is 5.75 Å². The van der Waals surface area contributed by atoms with Gasteiger partial charge >= 0.3 is 0 Å². The molecule has 0 aromatic heterocycles. The van der Waals surface area contributed by atoms with Gasteiger partial charge in [0.25, 0.3) is 5.91 Å². The fraction of sp³-hybridized carbons (Fsp3) is 0.300. The first-order valence-electron chi connectivity index (χ1n) is 9.15. The van der Waals surface area contributed by atoms with E-state index < -0.39 is 9.84 Å². The fourth-order valence-electron chi connectivity index (χ4n) is 3.34. The van der Waals surface area contributed by atoms with Crippen LogP contribution >= 0.6 is 11.8 Å². The number of carbonyl (C=O) groups is 1. The van der Waals surface area contributed by atoms with Crippen LogP contribution in [0.3, 0.4) is 0 Å². The van der Waals surface area contributed by atoms with E-state index in [1.807, 2.05) is 30.3 Å². The van der Waals surface area contributed by atoms with Crippen LogP contribution < -0.4 is 15.4 Å². The van der Waals surface area contributed by atoms with E-state index >= 15 is 0 Å². The summed E-state index contributed by atoms with van der Waals surface area (Å²) in [4.78, 5) is 17.0. The Morgan fingerprint density at radius 3 is 2.83 bits per heavy atom. The number of hydrogen-bond acceptors (Lipinski definition) is 7.